The molecule has 0 bridgehead atoms. The summed E-state index contributed by atoms with van der Waals surface area (Å²) in [6.07, 6.45) is -4.69. The molecule has 0 unspecified atom stereocenters. The maximum absolute atomic E-state index is 13.7. The second-order valence-corrected chi connectivity index (χ2v) is 10.9. The van der Waals surface area contributed by atoms with Crippen LogP contribution in [0.4, 0.5) is 32.4 Å². The molecule has 1 aliphatic heterocycles. The van der Waals surface area contributed by atoms with E-state index >= 15 is 0 Å². The summed E-state index contributed by atoms with van der Waals surface area (Å²) >= 11 is 6.28. The number of amides is 3. The van der Waals surface area contributed by atoms with Gasteiger partial charge < -0.3 is 25.2 Å². The Labute approximate surface area is 238 Å². The number of imidazole rings is 1. The molecule has 3 aromatic rings. The maximum Gasteiger partial charge on any atom is 0.435 e. The number of halogens is 6. The molecule has 6 rings (SSSR count). The summed E-state index contributed by atoms with van der Waals surface area (Å²) < 4.78 is 69.7. The minimum absolute atomic E-state index is 0.0166. The predicted molar refractivity (Wildman–Crippen MR) is 135 cm³/mol. The predicted octanol–water partition coefficient (Wildman–Crippen LogP) is 4.13. The number of benzene rings is 1. The van der Waals surface area contributed by atoms with E-state index < -0.39 is 53.7 Å². The van der Waals surface area contributed by atoms with E-state index in [2.05, 4.69) is 20.7 Å². The van der Waals surface area contributed by atoms with Crippen LogP contribution in [0.25, 0.3) is 11.3 Å². The van der Waals surface area contributed by atoms with Crippen molar-refractivity contribution in [2.45, 2.75) is 30.6 Å². The van der Waals surface area contributed by atoms with Crippen molar-refractivity contribution >= 4 is 35.2 Å². The standard InChI is InChI=1S/C25H21ClF5N7O4/c1-36-16(14-9-38(17-5-24(17,27)28)35-19(14)25(29,30)31)6-32-20(36)22(40)33-10-2-3-11(15(26)4-10)21(39)34-18-12-7-37(23(41)42)8-13(12)18/h2-4,6,9,12-13,17-18H,5,7-8H2,1H3,(H,33,40)(H,34,39)(H,41,42)/t12-,13+,17-,18+/m0/s1. The first-order chi connectivity index (χ1) is 19.7. The summed E-state index contributed by atoms with van der Waals surface area (Å²) in [6.45, 7) is 0.684. The molecule has 3 fully saturated rings. The first kappa shape index (κ1) is 27.9. The molecular formula is C25H21ClF5N7O4. The number of carboxylic acid groups (broad SMARTS) is 1. The van der Waals surface area contributed by atoms with Crippen LogP contribution in [0.5, 0.6) is 0 Å². The molecule has 222 valence electrons. The first-order valence-electron chi connectivity index (χ1n) is 12.6. The van der Waals surface area contributed by atoms with Crippen LogP contribution in [0.15, 0.2) is 30.6 Å². The van der Waals surface area contributed by atoms with Gasteiger partial charge in [-0.2, -0.15) is 18.3 Å². The minimum Gasteiger partial charge on any atom is -0.465 e. The zero-order valence-electron chi connectivity index (χ0n) is 21.5. The number of nitrogens with zero attached hydrogens (tertiary/aromatic N) is 5. The lowest BCUT2D eigenvalue weighted by Gasteiger charge is -2.16. The third kappa shape index (κ3) is 4.82. The highest BCUT2D eigenvalue weighted by atomic mass is 35.5. The van der Waals surface area contributed by atoms with Gasteiger partial charge in [-0.15, -0.1) is 0 Å². The molecule has 3 amide bonds. The van der Waals surface area contributed by atoms with Gasteiger partial charge >= 0.3 is 12.3 Å². The van der Waals surface area contributed by atoms with Crippen LogP contribution >= 0.6 is 11.6 Å². The van der Waals surface area contributed by atoms with Crippen LogP contribution < -0.4 is 10.6 Å². The molecule has 0 radical (unpaired) electrons. The quantitative estimate of drug-likeness (QED) is 0.358. The van der Waals surface area contributed by atoms with Crippen LogP contribution in [0, 0.1) is 11.8 Å². The molecule has 2 aromatic heterocycles. The van der Waals surface area contributed by atoms with E-state index in [0.717, 1.165) is 17.0 Å². The Kier molecular flexibility index (Phi) is 6.25. The molecule has 42 heavy (non-hydrogen) atoms. The van der Waals surface area contributed by atoms with Crippen LogP contribution in [0.1, 0.15) is 39.1 Å². The molecule has 3 aliphatic rings. The summed E-state index contributed by atoms with van der Waals surface area (Å²) in [6, 6.07) is 2.47. The number of alkyl halides is 5. The first-order valence-corrected chi connectivity index (χ1v) is 13.0. The lowest BCUT2D eigenvalue weighted by atomic mass is 10.2. The fraction of sp³-hybridized carbons (Fsp3) is 0.400. The van der Waals surface area contributed by atoms with Crippen molar-refractivity contribution < 1.29 is 41.4 Å². The number of piperidine rings is 1. The summed E-state index contributed by atoms with van der Waals surface area (Å²) in [5.41, 5.74) is -1.75. The number of aromatic nitrogens is 4. The number of nitrogens with one attached hydrogen (secondary N) is 2. The Morgan fingerprint density at radius 2 is 1.81 bits per heavy atom. The summed E-state index contributed by atoms with van der Waals surface area (Å²) in [7, 11) is 1.30. The summed E-state index contributed by atoms with van der Waals surface area (Å²) in [5, 5.41) is 17.8. The average Bonchev–Trinajstić information content (AvgIpc) is 3.42. The number of carbonyl (C=O) groups excluding carboxylic acids is 2. The second-order valence-electron chi connectivity index (χ2n) is 10.5. The lowest BCUT2D eigenvalue weighted by Crippen LogP contribution is -2.36. The smallest absolute Gasteiger partial charge is 0.435 e. The third-order valence-corrected chi connectivity index (χ3v) is 8.13. The summed E-state index contributed by atoms with van der Waals surface area (Å²) in [5.74, 6) is -4.61. The topological polar surface area (TPSA) is 134 Å². The van der Waals surface area contributed by atoms with Crippen molar-refractivity contribution in [3.05, 3.63) is 52.7 Å². The fourth-order valence-electron chi connectivity index (χ4n) is 5.39. The van der Waals surface area contributed by atoms with Crippen molar-refractivity contribution in [1.82, 2.24) is 29.5 Å². The Morgan fingerprint density at radius 1 is 1.14 bits per heavy atom. The maximum atomic E-state index is 13.7. The van der Waals surface area contributed by atoms with E-state index in [0.29, 0.717) is 17.8 Å². The zero-order chi connectivity index (χ0) is 30.3. The van der Waals surface area contributed by atoms with Gasteiger partial charge in [0.25, 0.3) is 17.7 Å². The fourth-order valence-corrected chi connectivity index (χ4v) is 5.66. The molecule has 11 nitrogen and oxygen atoms in total. The van der Waals surface area contributed by atoms with Crippen molar-refractivity contribution in [2.24, 2.45) is 18.9 Å². The molecule has 4 atom stereocenters. The molecule has 3 N–H and O–H groups in total. The number of anilines is 1. The molecule has 3 heterocycles. The van der Waals surface area contributed by atoms with Crippen LogP contribution in [-0.2, 0) is 13.2 Å². The zero-order valence-corrected chi connectivity index (χ0v) is 22.2. The van der Waals surface area contributed by atoms with Crippen molar-refractivity contribution in [1.29, 1.82) is 0 Å². The van der Waals surface area contributed by atoms with Gasteiger partial charge in [-0.25, -0.2) is 18.6 Å². The second kappa shape index (κ2) is 9.40. The number of likely N-dealkylation sites (tertiary alicyclic amines) is 1. The number of hydrogen-bond donors (Lipinski definition) is 3. The monoisotopic (exact) mass is 613 g/mol. The van der Waals surface area contributed by atoms with Gasteiger partial charge in [0, 0.05) is 56.3 Å². The number of hydrogen-bond acceptors (Lipinski definition) is 5. The van der Waals surface area contributed by atoms with E-state index in [-0.39, 0.29) is 45.7 Å². The molecule has 17 heteroatoms. The molecule has 2 aliphatic carbocycles. The van der Waals surface area contributed by atoms with Gasteiger partial charge in [-0.3, -0.25) is 14.3 Å². The van der Waals surface area contributed by atoms with E-state index in [1.165, 1.54) is 30.1 Å². The molecular weight excluding hydrogens is 593 g/mol. The van der Waals surface area contributed by atoms with Gasteiger partial charge in [0.05, 0.1) is 28.0 Å². The van der Waals surface area contributed by atoms with E-state index in [4.69, 9.17) is 16.7 Å². The van der Waals surface area contributed by atoms with Gasteiger partial charge in [0.2, 0.25) is 0 Å². The Balaban J connectivity index is 1.15. The Morgan fingerprint density at radius 3 is 2.38 bits per heavy atom. The van der Waals surface area contributed by atoms with E-state index in [1.54, 1.807) is 0 Å². The van der Waals surface area contributed by atoms with Gasteiger partial charge in [-0.1, -0.05) is 11.6 Å². The third-order valence-electron chi connectivity index (χ3n) is 7.81. The number of rotatable bonds is 6. The highest BCUT2D eigenvalue weighted by Crippen LogP contribution is 2.53. The lowest BCUT2D eigenvalue weighted by molar-refractivity contribution is -0.141. The van der Waals surface area contributed by atoms with Crippen LogP contribution in [0.3, 0.4) is 0 Å². The largest absolute Gasteiger partial charge is 0.465 e. The van der Waals surface area contributed by atoms with Crippen LogP contribution in [0.2, 0.25) is 5.02 Å². The van der Waals surface area contributed by atoms with Crippen molar-refractivity contribution in [2.75, 3.05) is 18.4 Å². The van der Waals surface area contributed by atoms with Crippen molar-refractivity contribution in [3.8, 4) is 11.3 Å². The SMILES string of the molecule is Cn1c(-c2cn([C@H]3CC3(F)F)nc2C(F)(F)F)cnc1C(=O)Nc1ccc(C(=O)N[C@H]2[C@@H]3CN(C(=O)O)C[C@@H]32)c(Cl)c1. The Bertz CT molecular complexity index is 1630. The number of fused-ring (bicyclic) bond motifs is 1. The highest BCUT2D eigenvalue weighted by Gasteiger charge is 2.60. The highest BCUT2D eigenvalue weighted by molar-refractivity contribution is 6.34. The van der Waals surface area contributed by atoms with E-state index in [1.807, 2.05) is 0 Å². The molecule has 1 aromatic carbocycles. The van der Waals surface area contributed by atoms with Crippen LogP contribution in [-0.4, -0.2) is 72.3 Å². The Hall–Kier alpha value is -4.21. The average molecular weight is 614 g/mol. The normalized spacial score (nSPS) is 23.8. The summed E-state index contributed by atoms with van der Waals surface area (Å²) in [4.78, 5) is 41.9. The van der Waals surface area contributed by atoms with E-state index in [9.17, 15) is 36.3 Å². The number of carbonyl (C=O) groups is 3. The molecule has 1 saturated heterocycles. The van der Waals surface area contributed by atoms with Gasteiger partial charge in [-0.05, 0) is 18.2 Å². The molecule has 0 spiro atoms. The minimum atomic E-state index is -4.95. The van der Waals surface area contributed by atoms with Gasteiger partial charge in [0.15, 0.2) is 11.5 Å². The molecule has 2 saturated carbocycles. The van der Waals surface area contributed by atoms with Gasteiger partial charge in [0.1, 0.15) is 6.04 Å². The van der Waals surface area contributed by atoms with Crippen molar-refractivity contribution in [3.63, 3.8) is 0 Å².